The lowest BCUT2D eigenvalue weighted by molar-refractivity contribution is -0.115. The summed E-state index contributed by atoms with van der Waals surface area (Å²) >= 11 is 1.40. The van der Waals surface area contributed by atoms with Crippen LogP contribution in [0.1, 0.15) is 24.5 Å². The van der Waals surface area contributed by atoms with Gasteiger partial charge in [-0.2, -0.15) is 0 Å². The van der Waals surface area contributed by atoms with Gasteiger partial charge in [-0.25, -0.2) is 0 Å². The minimum atomic E-state index is -0.0432. The van der Waals surface area contributed by atoms with Crippen molar-refractivity contribution in [1.29, 1.82) is 0 Å². The summed E-state index contributed by atoms with van der Waals surface area (Å²) < 4.78 is 0. The van der Waals surface area contributed by atoms with Gasteiger partial charge in [-0.3, -0.25) is 4.79 Å². The van der Waals surface area contributed by atoms with Gasteiger partial charge in [0.25, 0.3) is 0 Å². The lowest BCUT2D eigenvalue weighted by atomic mass is 10.1. The number of carbonyl (C=O) groups excluding carboxylic acids is 1. The number of anilines is 1. The third kappa shape index (κ3) is 2.73. The molecule has 1 aromatic heterocycles. The predicted molar refractivity (Wildman–Crippen MR) is 73.7 cm³/mol. The summed E-state index contributed by atoms with van der Waals surface area (Å²) in [5.41, 5.74) is 3.45. The zero-order chi connectivity index (χ0) is 13.1. The first-order valence-electron chi connectivity index (χ1n) is 5.81. The number of hydrogen-bond donors (Lipinski definition) is 1. The summed E-state index contributed by atoms with van der Waals surface area (Å²) in [5.74, 6) is -0.0432. The van der Waals surface area contributed by atoms with Crippen LogP contribution in [0.2, 0.25) is 0 Å². The number of hydrogen-bond acceptors (Lipinski definition) is 4. The summed E-state index contributed by atoms with van der Waals surface area (Å²) in [4.78, 5) is 11.3. The Balaban J connectivity index is 2.26. The standard InChI is InChI=1S/C13H15N3OS/c1-4-11(17)14-13-16-15-12(18-13)10-6-5-8(2)7-9(10)3/h5-7H,4H2,1-3H3,(H,14,16,17). The Morgan fingerprint density at radius 1 is 1.33 bits per heavy atom. The SMILES string of the molecule is CCC(=O)Nc1nnc(-c2ccc(C)cc2C)s1. The van der Waals surface area contributed by atoms with E-state index in [0.717, 1.165) is 10.6 Å². The van der Waals surface area contributed by atoms with E-state index < -0.39 is 0 Å². The van der Waals surface area contributed by atoms with E-state index in [0.29, 0.717) is 11.6 Å². The van der Waals surface area contributed by atoms with Crippen LogP contribution in [0.3, 0.4) is 0 Å². The molecule has 0 spiro atoms. The van der Waals surface area contributed by atoms with E-state index in [4.69, 9.17) is 0 Å². The molecule has 0 aliphatic heterocycles. The van der Waals surface area contributed by atoms with Crippen LogP contribution in [0, 0.1) is 13.8 Å². The van der Waals surface area contributed by atoms with Crippen molar-refractivity contribution >= 4 is 22.4 Å². The van der Waals surface area contributed by atoms with Gasteiger partial charge in [-0.05, 0) is 19.4 Å². The number of nitrogens with one attached hydrogen (secondary N) is 1. The summed E-state index contributed by atoms with van der Waals surface area (Å²) in [7, 11) is 0. The summed E-state index contributed by atoms with van der Waals surface area (Å²) in [5, 5.41) is 12.2. The van der Waals surface area contributed by atoms with Crippen molar-refractivity contribution < 1.29 is 4.79 Å². The zero-order valence-electron chi connectivity index (χ0n) is 10.7. The lowest BCUT2D eigenvalue weighted by Gasteiger charge is -2.02. The first kappa shape index (κ1) is 12.7. The van der Waals surface area contributed by atoms with Crippen LogP contribution in [0.4, 0.5) is 5.13 Å². The lowest BCUT2D eigenvalue weighted by Crippen LogP contribution is -2.08. The Morgan fingerprint density at radius 3 is 2.78 bits per heavy atom. The number of benzene rings is 1. The zero-order valence-corrected chi connectivity index (χ0v) is 11.5. The predicted octanol–water partition coefficient (Wildman–Crippen LogP) is 3.17. The second-order valence-corrected chi connectivity index (χ2v) is 5.11. The highest BCUT2D eigenvalue weighted by Crippen LogP contribution is 2.29. The van der Waals surface area contributed by atoms with Gasteiger partial charge in [0.2, 0.25) is 11.0 Å². The number of carbonyl (C=O) groups is 1. The van der Waals surface area contributed by atoms with Crippen molar-refractivity contribution in [2.75, 3.05) is 5.32 Å². The van der Waals surface area contributed by atoms with Gasteiger partial charge in [0.05, 0.1) is 0 Å². The third-order valence-corrected chi connectivity index (χ3v) is 3.48. The number of nitrogens with zero attached hydrogens (tertiary/aromatic N) is 2. The van der Waals surface area contributed by atoms with Gasteiger partial charge >= 0.3 is 0 Å². The topological polar surface area (TPSA) is 54.9 Å². The fraction of sp³-hybridized carbons (Fsp3) is 0.308. The quantitative estimate of drug-likeness (QED) is 0.923. The Bertz CT molecular complexity index is 577. The molecule has 0 saturated heterocycles. The van der Waals surface area contributed by atoms with E-state index in [2.05, 4.69) is 28.5 Å². The van der Waals surface area contributed by atoms with Crippen LogP contribution in [0.5, 0.6) is 0 Å². The van der Waals surface area contributed by atoms with E-state index in [1.54, 1.807) is 6.92 Å². The van der Waals surface area contributed by atoms with Crippen LogP contribution < -0.4 is 5.32 Å². The van der Waals surface area contributed by atoms with E-state index >= 15 is 0 Å². The molecule has 0 bridgehead atoms. The number of rotatable bonds is 3. The second-order valence-electron chi connectivity index (χ2n) is 4.13. The minimum absolute atomic E-state index is 0.0432. The Kier molecular flexibility index (Phi) is 3.72. The van der Waals surface area contributed by atoms with Crippen LogP contribution >= 0.6 is 11.3 Å². The molecule has 2 rings (SSSR count). The van der Waals surface area contributed by atoms with Crippen LogP contribution in [-0.2, 0) is 4.79 Å². The second kappa shape index (κ2) is 5.27. The van der Waals surface area contributed by atoms with E-state index in [1.807, 2.05) is 19.1 Å². The van der Waals surface area contributed by atoms with Crippen LogP contribution in [0.15, 0.2) is 18.2 Å². The number of aromatic nitrogens is 2. The molecule has 5 heteroatoms. The molecule has 1 N–H and O–H groups in total. The third-order valence-electron chi connectivity index (χ3n) is 2.60. The maximum absolute atomic E-state index is 11.3. The summed E-state index contributed by atoms with van der Waals surface area (Å²) in [6.45, 7) is 5.92. The van der Waals surface area contributed by atoms with E-state index in [9.17, 15) is 4.79 Å². The molecule has 18 heavy (non-hydrogen) atoms. The van der Waals surface area contributed by atoms with Gasteiger partial charge in [-0.1, -0.05) is 42.0 Å². The smallest absolute Gasteiger partial charge is 0.225 e. The first-order chi connectivity index (χ1) is 8.60. The average molecular weight is 261 g/mol. The largest absolute Gasteiger partial charge is 0.301 e. The molecule has 94 valence electrons. The molecule has 0 radical (unpaired) electrons. The Labute approximate surface area is 110 Å². The molecule has 4 nitrogen and oxygen atoms in total. The Hall–Kier alpha value is -1.75. The van der Waals surface area contributed by atoms with Gasteiger partial charge < -0.3 is 5.32 Å². The molecular weight excluding hydrogens is 246 g/mol. The summed E-state index contributed by atoms with van der Waals surface area (Å²) in [6.07, 6.45) is 0.443. The molecular formula is C13H15N3OS. The van der Waals surface area contributed by atoms with Crippen molar-refractivity contribution in [3.05, 3.63) is 29.3 Å². The summed E-state index contributed by atoms with van der Waals surface area (Å²) in [6, 6.07) is 6.20. The number of aryl methyl sites for hydroxylation is 2. The van der Waals surface area contributed by atoms with Gasteiger partial charge in [0.15, 0.2) is 0 Å². The highest BCUT2D eigenvalue weighted by atomic mass is 32.1. The monoisotopic (exact) mass is 261 g/mol. The fourth-order valence-corrected chi connectivity index (χ4v) is 2.49. The highest BCUT2D eigenvalue weighted by molar-refractivity contribution is 7.18. The number of amides is 1. The van der Waals surface area contributed by atoms with Gasteiger partial charge in [0.1, 0.15) is 5.01 Å². The van der Waals surface area contributed by atoms with Crippen molar-refractivity contribution in [3.63, 3.8) is 0 Å². The molecule has 0 atom stereocenters. The molecule has 2 aromatic rings. The molecule has 0 fully saturated rings. The molecule has 0 unspecified atom stereocenters. The molecule has 0 aliphatic carbocycles. The van der Waals surface area contributed by atoms with Crippen molar-refractivity contribution in [1.82, 2.24) is 10.2 Å². The van der Waals surface area contributed by atoms with E-state index in [-0.39, 0.29) is 5.91 Å². The average Bonchev–Trinajstić information content (AvgIpc) is 2.77. The maximum Gasteiger partial charge on any atom is 0.225 e. The molecule has 1 amide bonds. The molecule has 1 heterocycles. The maximum atomic E-state index is 11.3. The first-order valence-corrected chi connectivity index (χ1v) is 6.62. The van der Waals surface area contributed by atoms with E-state index in [1.165, 1.54) is 22.5 Å². The normalized spacial score (nSPS) is 10.4. The highest BCUT2D eigenvalue weighted by Gasteiger charge is 2.10. The van der Waals surface area contributed by atoms with Crippen molar-refractivity contribution in [3.8, 4) is 10.6 Å². The van der Waals surface area contributed by atoms with Crippen molar-refractivity contribution in [2.45, 2.75) is 27.2 Å². The van der Waals surface area contributed by atoms with Crippen LogP contribution in [0.25, 0.3) is 10.6 Å². The minimum Gasteiger partial charge on any atom is -0.301 e. The fourth-order valence-electron chi connectivity index (χ4n) is 1.64. The molecule has 1 aromatic carbocycles. The van der Waals surface area contributed by atoms with Gasteiger partial charge in [-0.15, -0.1) is 10.2 Å². The van der Waals surface area contributed by atoms with Gasteiger partial charge in [0, 0.05) is 12.0 Å². The Morgan fingerprint density at radius 2 is 2.11 bits per heavy atom. The molecule has 0 saturated carbocycles. The van der Waals surface area contributed by atoms with Crippen LogP contribution in [-0.4, -0.2) is 16.1 Å². The molecule has 0 aliphatic rings. The van der Waals surface area contributed by atoms with Crippen molar-refractivity contribution in [2.24, 2.45) is 0 Å².